The van der Waals surface area contributed by atoms with E-state index in [2.05, 4.69) is 4.98 Å². The third-order valence-corrected chi connectivity index (χ3v) is 6.17. The van der Waals surface area contributed by atoms with E-state index in [1.54, 1.807) is 10.8 Å². The molecule has 7 heteroatoms. The molecule has 1 aliphatic rings. The van der Waals surface area contributed by atoms with Crippen molar-refractivity contribution < 1.29 is 9.15 Å². The molecular weight excluding hydrogens is 398 g/mol. The first-order chi connectivity index (χ1) is 14.8. The van der Waals surface area contributed by atoms with Gasteiger partial charge >= 0.3 is 0 Å². The average Bonchev–Trinajstić information content (AvgIpc) is 3.47. The van der Waals surface area contributed by atoms with Crippen molar-refractivity contribution in [2.75, 3.05) is 6.61 Å². The summed E-state index contributed by atoms with van der Waals surface area (Å²) in [6.45, 7) is 1.27. The van der Waals surface area contributed by atoms with Crippen molar-refractivity contribution in [1.29, 1.82) is 0 Å². The van der Waals surface area contributed by atoms with E-state index in [1.165, 1.54) is 11.8 Å². The van der Waals surface area contributed by atoms with Crippen LogP contribution in [0.15, 0.2) is 75.2 Å². The first-order valence-electron chi connectivity index (χ1n) is 10.0. The Bertz CT molecular complexity index is 1210. The SMILES string of the molecule is O=c1c2ccccc2nc(SCc2coc(-c3ccccc3)n2)n1CC1CCCO1. The number of rotatable bonds is 6. The van der Waals surface area contributed by atoms with Gasteiger partial charge in [-0.2, -0.15) is 0 Å². The van der Waals surface area contributed by atoms with Gasteiger partial charge in [0.05, 0.1) is 29.2 Å². The number of oxazole rings is 1. The van der Waals surface area contributed by atoms with Gasteiger partial charge in [0.1, 0.15) is 6.26 Å². The minimum absolute atomic E-state index is 0.0243. The summed E-state index contributed by atoms with van der Waals surface area (Å²) in [7, 11) is 0. The van der Waals surface area contributed by atoms with Gasteiger partial charge in [-0.3, -0.25) is 9.36 Å². The number of benzene rings is 2. The van der Waals surface area contributed by atoms with Crippen molar-refractivity contribution in [2.45, 2.75) is 36.4 Å². The Hall–Kier alpha value is -2.90. The van der Waals surface area contributed by atoms with Gasteiger partial charge in [-0.25, -0.2) is 9.97 Å². The minimum atomic E-state index is -0.0243. The van der Waals surface area contributed by atoms with E-state index in [1.807, 2.05) is 54.6 Å². The minimum Gasteiger partial charge on any atom is -0.444 e. The van der Waals surface area contributed by atoms with E-state index in [-0.39, 0.29) is 11.7 Å². The number of aromatic nitrogens is 3. The van der Waals surface area contributed by atoms with Gasteiger partial charge in [0.25, 0.3) is 5.56 Å². The maximum atomic E-state index is 13.2. The lowest BCUT2D eigenvalue weighted by molar-refractivity contribution is 0.0937. The summed E-state index contributed by atoms with van der Waals surface area (Å²) >= 11 is 1.49. The standard InChI is InChI=1S/C23H21N3O3S/c27-22-19-10-4-5-11-20(19)25-23(26(22)13-18-9-6-12-28-18)30-15-17-14-29-21(24-17)16-7-2-1-3-8-16/h1-5,7-8,10-11,14,18H,6,9,12-13,15H2. The lowest BCUT2D eigenvalue weighted by Gasteiger charge is -2.16. The molecule has 30 heavy (non-hydrogen) atoms. The van der Waals surface area contributed by atoms with Crippen LogP contribution in [0, 0.1) is 0 Å². The molecule has 0 spiro atoms. The molecule has 2 aromatic carbocycles. The number of hydrogen-bond acceptors (Lipinski definition) is 6. The summed E-state index contributed by atoms with van der Waals surface area (Å²) in [5, 5.41) is 1.31. The lowest BCUT2D eigenvalue weighted by atomic mass is 10.2. The van der Waals surface area contributed by atoms with Crippen LogP contribution in [0.2, 0.25) is 0 Å². The molecule has 1 aliphatic heterocycles. The fourth-order valence-corrected chi connectivity index (χ4v) is 4.52. The smallest absolute Gasteiger partial charge is 0.262 e. The highest BCUT2D eigenvalue weighted by molar-refractivity contribution is 7.98. The molecule has 4 aromatic rings. The van der Waals surface area contributed by atoms with Gasteiger partial charge in [-0.05, 0) is 37.1 Å². The van der Waals surface area contributed by atoms with Crippen LogP contribution in [-0.4, -0.2) is 27.2 Å². The molecule has 6 nitrogen and oxygen atoms in total. The molecule has 0 N–H and O–H groups in total. The molecule has 5 rings (SSSR count). The maximum Gasteiger partial charge on any atom is 0.262 e. The molecule has 3 heterocycles. The summed E-state index contributed by atoms with van der Waals surface area (Å²) < 4.78 is 13.2. The summed E-state index contributed by atoms with van der Waals surface area (Å²) in [4.78, 5) is 22.5. The number of fused-ring (bicyclic) bond motifs is 1. The fraction of sp³-hybridized carbons (Fsp3) is 0.261. The molecule has 1 saturated heterocycles. The number of thioether (sulfide) groups is 1. The van der Waals surface area contributed by atoms with Crippen LogP contribution in [0.25, 0.3) is 22.4 Å². The normalized spacial score (nSPS) is 16.3. The van der Waals surface area contributed by atoms with Crippen LogP contribution in [0.4, 0.5) is 0 Å². The fourth-order valence-electron chi connectivity index (χ4n) is 3.64. The molecule has 2 aromatic heterocycles. The molecule has 152 valence electrons. The Balaban J connectivity index is 1.43. The van der Waals surface area contributed by atoms with Gasteiger partial charge in [0.15, 0.2) is 5.16 Å². The third kappa shape index (κ3) is 3.91. The van der Waals surface area contributed by atoms with Gasteiger partial charge in [-0.1, -0.05) is 42.1 Å². The first kappa shape index (κ1) is 19.1. The summed E-state index contributed by atoms with van der Waals surface area (Å²) in [5.74, 6) is 1.15. The quantitative estimate of drug-likeness (QED) is 0.338. The van der Waals surface area contributed by atoms with Crippen LogP contribution >= 0.6 is 11.8 Å². The average molecular weight is 420 g/mol. The van der Waals surface area contributed by atoms with Crippen LogP contribution in [0.5, 0.6) is 0 Å². The van der Waals surface area contributed by atoms with E-state index >= 15 is 0 Å². The van der Waals surface area contributed by atoms with Crippen LogP contribution in [0.1, 0.15) is 18.5 Å². The number of hydrogen-bond donors (Lipinski definition) is 0. The van der Waals surface area contributed by atoms with Crippen molar-refractivity contribution in [3.8, 4) is 11.5 Å². The monoisotopic (exact) mass is 419 g/mol. The van der Waals surface area contributed by atoms with E-state index in [9.17, 15) is 4.79 Å². The molecule has 0 saturated carbocycles. The van der Waals surface area contributed by atoms with Gasteiger partial charge < -0.3 is 9.15 Å². The predicted octanol–water partition coefficient (Wildman–Crippen LogP) is 4.52. The maximum absolute atomic E-state index is 13.2. The van der Waals surface area contributed by atoms with E-state index in [4.69, 9.17) is 14.1 Å². The van der Waals surface area contributed by atoms with Gasteiger partial charge in [0, 0.05) is 17.9 Å². The lowest BCUT2D eigenvalue weighted by Crippen LogP contribution is -2.28. The van der Waals surface area contributed by atoms with Crippen LogP contribution < -0.4 is 5.56 Å². The third-order valence-electron chi connectivity index (χ3n) is 5.16. The van der Waals surface area contributed by atoms with Crippen molar-refractivity contribution in [1.82, 2.24) is 14.5 Å². The summed E-state index contributed by atoms with van der Waals surface area (Å²) in [5.41, 5.74) is 2.43. The summed E-state index contributed by atoms with van der Waals surface area (Å²) in [6.07, 6.45) is 3.72. The van der Waals surface area contributed by atoms with E-state index in [0.717, 1.165) is 30.7 Å². The number of nitrogens with zero attached hydrogens (tertiary/aromatic N) is 3. The highest BCUT2D eigenvalue weighted by atomic mass is 32.2. The molecular formula is C23H21N3O3S. The van der Waals surface area contributed by atoms with Crippen molar-refractivity contribution in [2.24, 2.45) is 0 Å². The zero-order chi connectivity index (χ0) is 20.3. The second-order valence-corrected chi connectivity index (χ2v) is 8.20. The first-order valence-corrected chi connectivity index (χ1v) is 11.0. The second-order valence-electron chi connectivity index (χ2n) is 7.26. The molecule has 1 unspecified atom stereocenters. The Morgan fingerprint density at radius 2 is 1.90 bits per heavy atom. The molecule has 0 bridgehead atoms. The number of para-hydroxylation sites is 1. The Labute approximate surface area is 177 Å². The molecule has 0 amide bonds. The van der Waals surface area contributed by atoms with Gasteiger partial charge in [-0.15, -0.1) is 0 Å². The largest absolute Gasteiger partial charge is 0.444 e. The van der Waals surface area contributed by atoms with Crippen molar-refractivity contribution in [3.63, 3.8) is 0 Å². The van der Waals surface area contributed by atoms with Crippen molar-refractivity contribution >= 4 is 22.7 Å². The molecule has 0 aliphatic carbocycles. The van der Waals surface area contributed by atoms with Crippen LogP contribution in [-0.2, 0) is 17.0 Å². The zero-order valence-corrected chi connectivity index (χ0v) is 17.2. The van der Waals surface area contributed by atoms with Gasteiger partial charge in [0.2, 0.25) is 5.89 Å². The van der Waals surface area contributed by atoms with E-state index in [0.29, 0.717) is 34.2 Å². The molecule has 1 atom stereocenters. The number of ether oxygens (including phenoxy) is 1. The highest BCUT2D eigenvalue weighted by Gasteiger charge is 2.20. The summed E-state index contributed by atoms with van der Waals surface area (Å²) in [6, 6.07) is 17.3. The Kier molecular flexibility index (Phi) is 5.38. The Morgan fingerprint density at radius 1 is 1.07 bits per heavy atom. The Morgan fingerprint density at radius 3 is 2.73 bits per heavy atom. The zero-order valence-electron chi connectivity index (χ0n) is 16.4. The van der Waals surface area contributed by atoms with Crippen LogP contribution in [0.3, 0.4) is 0 Å². The predicted molar refractivity (Wildman–Crippen MR) is 116 cm³/mol. The molecule has 0 radical (unpaired) electrons. The van der Waals surface area contributed by atoms with Crippen molar-refractivity contribution in [3.05, 3.63) is 76.9 Å². The second kappa shape index (κ2) is 8.45. The molecule has 1 fully saturated rings. The highest BCUT2D eigenvalue weighted by Crippen LogP contribution is 2.25. The topological polar surface area (TPSA) is 70.2 Å². The van der Waals surface area contributed by atoms with E-state index < -0.39 is 0 Å².